The Hall–Kier alpha value is -4.27. The molecule has 1 heterocycles. The molecule has 1 aromatic heterocycles. The summed E-state index contributed by atoms with van der Waals surface area (Å²) >= 11 is 0. The highest BCUT2D eigenvalue weighted by Gasteiger charge is 2.40. The van der Waals surface area contributed by atoms with Crippen LogP contribution in [0.1, 0.15) is 39.7 Å². The van der Waals surface area contributed by atoms with Crippen molar-refractivity contribution in [1.82, 2.24) is 0 Å². The van der Waals surface area contributed by atoms with Crippen LogP contribution in [0.4, 0.5) is 13.2 Å². The fourth-order valence-corrected chi connectivity index (χ4v) is 3.63. The van der Waals surface area contributed by atoms with Crippen molar-refractivity contribution in [2.24, 2.45) is 0 Å². The SMILES string of the molecule is CCOC(=O)c1ccc(Oc2c(C(F)(F)F)oc3cc(OCc4cc(C)ccc4C)ccc3c2=O)cc1. The Morgan fingerprint density at radius 1 is 0.946 bits per heavy atom. The Bertz CT molecular complexity index is 1500. The Morgan fingerprint density at radius 3 is 2.32 bits per heavy atom. The van der Waals surface area contributed by atoms with Crippen LogP contribution in [0.3, 0.4) is 0 Å². The van der Waals surface area contributed by atoms with Gasteiger partial charge in [-0.25, -0.2) is 4.79 Å². The van der Waals surface area contributed by atoms with Crippen LogP contribution < -0.4 is 14.9 Å². The molecule has 0 atom stereocenters. The number of rotatable bonds is 7. The summed E-state index contributed by atoms with van der Waals surface area (Å²) in [4.78, 5) is 24.8. The molecule has 0 radical (unpaired) electrons. The van der Waals surface area contributed by atoms with Crippen LogP contribution in [0.15, 0.2) is 69.9 Å². The molecule has 0 bridgehead atoms. The molecule has 0 spiro atoms. The summed E-state index contributed by atoms with van der Waals surface area (Å²) < 4.78 is 62.7. The molecule has 6 nitrogen and oxygen atoms in total. The zero-order valence-corrected chi connectivity index (χ0v) is 20.3. The van der Waals surface area contributed by atoms with Gasteiger partial charge in [0.25, 0.3) is 5.76 Å². The lowest BCUT2D eigenvalue weighted by molar-refractivity contribution is -0.154. The summed E-state index contributed by atoms with van der Waals surface area (Å²) in [6, 6.07) is 15.1. The third-order valence-corrected chi connectivity index (χ3v) is 5.56. The number of hydrogen-bond donors (Lipinski definition) is 0. The van der Waals surface area contributed by atoms with Crippen molar-refractivity contribution in [3.05, 3.63) is 98.9 Å². The molecule has 192 valence electrons. The van der Waals surface area contributed by atoms with Crippen LogP contribution >= 0.6 is 0 Å². The maximum absolute atomic E-state index is 13.9. The lowest BCUT2D eigenvalue weighted by atomic mass is 10.1. The van der Waals surface area contributed by atoms with E-state index in [9.17, 15) is 22.8 Å². The molecule has 0 aliphatic rings. The summed E-state index contributed by atoms with van der Waals surface area (Å²) in [5.74, 6) is -3.02. The fourth-order valence-electron chi connectivity index (χ4n) is 3.63. The van der Waals surface area contributed by atoms with E-state index >= 15 is 0 Å². The van der Waals surface area contributed by atoms with Crippen molar-refractivity contribution in [1.29, 1.82) is 0 Å². The number of ether oxygens (including phenoxy) is 3. The maximum Gasteiger partial charge on any atom is 0.453 e. The first-order valence-corrected chi connectivity index (χ1v) is 11.4. The third-order valence-electron chi connectivity index (χ3n) is 5.56. The van der Waals surface area contributed by atoms with E-state index in [4.69, 9.17) is 18.6 Å². The molecule has 0 aliphatic carbocycles. The van der Waals surface area contributed by atoms with Gasteiger partial charge in [-0.05, 0) is 68.3 Å². The minimum Gasteiger partial charge on any atom is -0.489 e. The number of alkyl halides is 3. The molecular weight excluding hydrogens is 489 g/mol. The van der Waals surface area contributed by atoms with Crippen LogP contribution in [-0.2, 0) is 17.5 Å². The zero-order chi connectivity index (χ0) is 26.7. The van der Waals surface area contributed by atoms with E-state index in [0.29, 0.717) is 0 Å². The molecular formula is C28H23F3O6. The number of benzene rings is 3. The van der Waals surface area contributed by atoms with E-state index in [1.165, 1.54) is 42.5 Å². The molecule has 3 aromatic carbocycles. The number of carbonyl (C=O) groups excluding carboxylic acids is 1. The van der Waals surface area contributed by atoms with Gasteiger partial charge in [0.15, 0.2) is 0 Å². The topological polar surface area (TPSA) is 75.0 Å². The average Bonchev–Trinajstić information content (AvgIpc) is 2.86. The van der Waals surface area contributed by atoms with Crippen molar-refractivity contribution in [2.45, 2.75) is 33.6 Å². The summed E-state index contributed by atoms with van der Waals surface area (Å²) in [5, 5.41) is -0.106. The molecule has 4 aromatic rings. The largest absolute Gasteiger partial charge is 0.489 e. The number of esters is 1. The van der Waals surface area contributed by atoms with Gasteiger partial charge in [0.2, 0.25) is 11.2 Å². The highest BCUT2D eigenvalue weighted by atomic mass is 19.4. The monoisotopic (exact) mass is 512 g/mol. The van der Waals surface area contributed by atoms with Gasteiger partial charge in [-0.2, -0.15) is 13.2 Å². The quantitative estimate of drug-likeness (QED) is 0.249. The minimum absolute atomic E-state index is 0.0846. The highest BCUT2D eigenvalue weighted by molar-refractivity contribution is 5.89. The second kappa shape index (κ2) is 10.4. The first kappa shape index (κ1) is 25.8. The molecule has 0 fully saturated rings. The van der Waals surface area contributed by atoms with Gasteiger partial charge < -0.3 is 18.6 Å². The number of aryl methyl sites for hydroxylation is 2. The van der Waals surface area contributed by atoms with E-state index in [1.807, 2.05) is 32.0 Å². The highest BCUT2D eigenvalue weighted by Crippen LogP contribution is 2.38. The molecule has 0 aliphatic heterocycles. The Labute approximate surface area is 210 Å². The van der Waals surface area contributed by atoms with Crippen molar-refractivity contribution in [3.8, 4) is 17.2 Å². The zero-order valence-electron chi connectivity index (χ0n) is 20.3. The molecule has 37 heavy (non-hydrogen) atoms. The summed E-state index contributed by atoms with van der Waals surface area (Å²) in [7, 11) is 0. The predicted molar refractivity (Wildman–Crippen MR) is 130 cm³/mol. The first-order valence-electron chi connectivity index (χ1n) is 11.4. The van der Waals surface area contributed by atoms with E-state index in [1.54, 1.807) is 6.92 Å². The lowest BCUT2D eigenvalue weighted by Crippen LogP contribution is -2.15. The normalized spacial score (nSPS) is 11.4. The van der Waals surface area contributed by atoms with Gasteiger partial charge in [-0.1, -0.05) is 23.8 Å². The Kier molecular flexibility index (Phi) is 7.24. The maximum atomic E-state index is 13.9. The number of halogens is 3. The summed E-state index contributed by atoms with van der Waals surface area (Å²) in [5.41, 5.74) is 1.88. The standard InChI is InChI=1S/C28H23F3O6/c1-4-34-27(33)18-7-9-20(10-8-18)36-25-24(32)22-12-11-21(14-23(22)37-26(25)28(29,30)31)35-15-19-13-16(2)5-6-17(19)3/h5-14H,4,15H2,1-3H3. The van der Waals surface area contributed by atoms with E-state index in [2.05, 4.69) is 0 Å². The number of hydrogen-bond acceptors (Lipinski definition) is 6. The molecule has 0 amide bonds. The van der Waals surface area contributed by atoms with Crippen LogP contribution in [0.5, 0.6) is 17.2 Å². The Balaban J connectivity index is 1.67. The van der Waals surface area contributed by atoms with E-state index < -0.39 is 29.1 Å². The van der Waals surface area contributed by atoms with Gasteiger partial charge in [0, 0.05) is 6.07 Å². The Morgan fingerprint density at radius 2 is 1.65 bits per heavy atom. The number of carbonyl (C=O) groups is 1. The molecule has 0 saturated heterocycles. The van der Waals surface area contributed by atoms with Crippen molar-refractivity contribution in [3.63, 3.8) is 0 Å². The van der Waals surface area contributed by atoms with Crippen LogP contribution in [0.2, 0.25) is 0 Å². The molecule has 0 unspecified atom stereocenters. The summed E-state index contributed by atoms with van der Waals surface area (Å²) in [6.07, 6.45) is -5.01. The van der Waals surface area contributed by atoms with Crippen LogP contribution in [-0.4, -0.2) is 12.6 Å². The van der Waals surface area contributed by atoms with Crippen molar-refractivity contribution >= 4 is 16.9 Å². The third kappa shape index (κ3) is 5.77. The van der Waals surface area contributed by atoms with Gasteiger partial charge in [-0.15, -0.1) is 0 Å². The molecule has 0 saturated carbocycles. The average molecular weight is 512 g/mol. The summed E-state index contributed by atoms with van der Waals surface area (Å²) in [6.45, 7) is 5.88. The van der Waals surface area contributed by atoms with E-state index in [0.717, 1.165) is 16.7 Å². The second-order valence-electron chi connectivity index (χ2n) is 8.31. The van der Waals surface area contributed by atoms with Crippen molar-refractivity contribution in [2.75, 3.05) is 6.61 Å². The van der Waals surface area contributed by atoms with E-state index in [-0.39, 0.29) is 41.2 Å². The smallest absolute Gasteiger partial charge is 0.453 e. The molecule has 4 rings (SSSR count). The fraction of sp³-hybridized carbons (Fsp3) is 0.214. The number of fused-ring (bicyclic) bond motifs is 1. The molecule has 0 N–H and O–H groups in total. The predicted octanol–water partition coefficient (Wildman–Crippen LogP) is 6.98. The minimum atomic E-state index is -5.01. The molecule has 9 heteroatoms. The van der Waals surface area contributed by atoms with Gasteiger partial charge in [0.1, 0.15) is 23.7 Å². The van der Waals surface area contributed by atoms with Gasteiger partial charge >= 0.3 is 12.1 Å². The van der Waals surface area contributed by atoms with Crippen LogP contribution in [0.25, 0.3) is 11.0 Å². The second-order valence-corrected chi connectivity index (χ2v) is 8.31. The lowest BCUT2D eigenvalue weighted by Gasteiger charge is -2.14. The van der Waals surface area contributed by atoms with Gasteiger partial charge in [0.05, 0.1) is 17.6 Å². The first-order chi connectivity index (χ1) is 17.6. The van der Waals surface area contributed by atoms with Crippen molar-refractivity contribution < 1.29 is 36.6 Å². The van der Waals surface area contributed by atoms with Crippen LogP contribution in [0, 0.1) is 13.8 Å². The van der Waals surface area contributed by atoms with Gasteiger partial charge in [-0.3, -0.25) is 4.79 Å².